The molecule has 1 aromatic carbocycles. The molecule has 0 radical (unpaired) electrons. The van der Waals surface area contributed by atoms with Crippen LogP contribution in [0.25, 0.3) is 0 Å². The zero-order chi connectivity index (χ0) is 13.9. The number of hydrogen-bond donors (Lipinski definition) is 1. The molecule has 0 fully saturated rings. The molecule has 0 aliphatic heterocycles. The van der Waals surface area contributed by atoms with E-state index in [-0.39, 0.29) is 4.90 Å². The normalized spacial score (nSPS) is 10.7. The molecule has 1 aromatic heterocycles. The van der Waals surface area contributed by atoms with Gasteiger partial charge >= 0.3 is 0 Å². The number of benzene rings is 1. The van der Waals surface area contributed by atoms with Gasteiger partial charge in [-0.3, -0.25) is 4.72 Å². The average Bonchev–Trinajstić information content (AvgIpc) is 2.85. The standard InChI is InChI=1S/C12H10N2O3S2/c1-17-10-2-4-11(5-3-10)19(15,16)14-12-9(8-13)6-7-18-12/h2-7,14H,1H3. The number of rotatable bonds is 4. The smallest absolute Gasteiger partial charge is 0.262 e. The van der Waals surface area contributed by atoms with E-state index in [0.29, 0.717) is 16.3 Å². The molecule has 2 rings (SSSR count). The van der Waals surface area contributed by atoms with Crippen molar-refractivity contribution in [3.63, 3.8) is 0 Å². The highest BCUT2D eigenvalue weighted by molar-refractivity contribution is 7.93. The van der Waals surface area contributed by atoms with Gasteiger partial charge in [0.2, 0.25) is 0 Å². The first-order valence-corrected chi connectivity index (χ1v) is 7.57. The molecule has 2 aromatic rings. The van der Waals surface area contributed by atoms with Crippen molar-refractivity contribution >= 4 is 26.4 Å². The van der Waals surface area contributed by atoms with Crippen LogP contribution in [0.2, 0.25) is 0 Å². The maximum atomic E-state index is 12.1. The molecule has 5 nitrogen and oxygen atoms in total. The van der Waals surface area contributed by atoms with E-state index in [1.54, 1.807) is 23.6 Å². The average molecular weight is 294 g/mol. The fourth-order valence-corrected chi connectivity index (χ4v) is 3.48. The molecule has 19 heavy (non-hydrogen) atoms. The lowest BCUT2D eigenvalue weighted by atomic mass is 10.3. The molecule has 0 bridgehead atoms. The van der Waals surface area contributed by atoms with Crippen LogP contribution in [-0.2, 0) is 10.0 Å². The van der Waals surface area contributed by atoms with Gasteiger partial charge < -0.3 is 4.74 Å². The van der Waals surface area contributed by atoms with Gasteiger partial charge in [-0.1, -0.05) is 0 Å². The molecule has 0 aliphatic carbocycles. The SMILES string of the molecule is COc1ccc(S(=O)(=O)Nc2sccc2C#N)cc1. The number of hydrogen-bond acceptors (Lipinski definition) is 5. The summed E-state index contributed by atoms with van der Waals surface area (Å²) in [6, 6.07) is 9.52. The van der Waals surface area contributed by atoms with Crippen molar-refractivity contribution in [2.24, 2.45) is 0 Å². The van der Waals surface area contributed by atoms with Crippen LogP contribution >= 0.6 is 11.3 Å². The lowest BCUT2D eigenvalue weighted by Gasteiger charge is -2.07. The van der Waals surface area contributed by atoms with Crippen molar-refractivity contribution in [2.45, 2.75) is 4.90 Å². The van der Waals surface area contributed by atoms with Crippen molar-refractivity contribution < 1.29 is 13.2 Å². The summed E-state index contributed by atoms with van der Waals surface area (Å²) in [6.07, 6.45) is 0. The number of nitrogens with one attached hydrogen (secondary N) is 1. The van der Waals surface area contributed by atoms with Gasteiger partial charge in [-0.25, -0.2) is 8.42 Å². The largest absolute Gasteiger partial charge is 0.497 e. The molecule has 1 N–H and O–H groups in total. The Morgan fingerprint density at radius 3 is 2.53 bits per heavy atom. The Balaban J connectivity index is 2.30. The highest BCUT2D eigenvalue weighted by Gasteiger charge is 2.16. The predicted molar refractivity (Wildman–Crippen MR) is 72.8 cm³/mol. The molecule has 0 unspecified atom stereocenters. The van der Waals surface area contributed by atoms with E-state index >= 15 is 0 Å². The molecule has 0 spiro atoms. The Kier molecular flexibility index (Phi) is 3.74. The van der Waals surface area contributed by atoms with Crippen molar-refractivity contribution in [1.29, 1.82) is 5.26 Å². The molecular weight excluding hydrogens is 284 g/mol. The van der Waals surface area contributed by atoms with Crippen molar-refractivity contribution in [2.75, 3.05) is 11.8 Å². The van der Waals surface area contributed by atoms with E-state index in [1.165, 1.54) is 30.6 Å². The van der Waals surface area contributed by atoms with Gasteiger partial charge in [0.1, 0.15) is 16.8 Å². The van der Waals surface area contributed by atoms with Crippen LogP contribution in [0.15, 0.2) is 40.6 Å². The number of nitrogens with zero attached hydrogens (tertiary/aromatic N) is 1. The Morgan fingerprint density at radius 1 is 1.26 bits per heavy atom. The molecule has 0 saturated carbocycles. The van der Waals surface area contributed by atoms with E-state index in [2.05, 4.69) is 4.72 Å². The van der Waals surface area contributed by atoms with Crippen LogP contribution in [0.1, 0.15) is 5.56 Å². The summed E-state index contributed by atoms with van der Waals surface area (Å²) in [4.78, 5) is 0.116. The van der Waals surface area contributed by atoms with Crippen LogP contribution < -0.4 is 9.46 Å². The zero-order valence-electron chi connectivity index (χ0n) is 9.95. The topological polar surface area (TPSA) is 79.2 Å². The molecular formula is C12H10N2O3S2. The van der Waals surface area contributed by atoms with E-state index in [4.69, 9.17) is 10.00 Å². The number of methoxy groups -OCH3 is 1. The van der Waals surface area contributed by atoms with Gasteiger partial charge in [0.05, 0.1) is 17.6 Å². The highest BCUT2D eigenvalue weighted by Crippen LogP contribution is 2.26. The Bertz CT molecular complexity index is 712. The Labute approximate surface area is 115 Å². The zero-order valence-corrected chi connectivity index (χ0v) is 11.6. The van der Waals surface area contributed by atoms with Gasteiger partial charge in [0.15, 0.2) is 0 Å². The summed E-state index contributed by atoms with van der Waals surface area (Å²) in [5.74, 6) is 0.577. The van der Waals surface area contributed by atoms with E-state index < -0.39 is 10.0 Å². The van der Waals surface area contributed by atoms with Crippen LogP contribution in [0.5, 0.6) is 5.75 Å². The maximum absolute atomic E-state index is 12.1. The van der Waals surface area contributed by atoms with Gasteiger partial charge in [0.25, 0.3) is 10.0 Å². The molecule has 98 valence electrons. The van der Waals surface area contributed by atoms with Gasteiger partial charge in [-0.05, 0) is 35.7 Å². The summed E-state index contributed by atoms with van der Waals surface area (Å²) >= 11 is 1.17. The second-order valence-electron chi connectivity index (χ2n) is 3.56. The third-order valence-electron chi connectivity index (χ3n) is 2.38. The number of ether oxygens (including phenoxy) is 1. The first kappa shape index (κ1) is 13.4. The summed E-state index contributed by atoms with van der Waals surface area (Å²) in [7, 11) is -2.18. The number of thiophene rings is 1. The number of anilines is 1. The van der Waals surface area contributed by atoms with Crippen LogP contribution in [-0.4, -0.2) is 15.5 Å². The molecule has 0 amide bonds. The minimum Gasteiger partial charge on any atom is -0.497 e. The second-order valence-corrected chi connectivity index (χ2v) is 6.15. The third kappa shape index (κ3) is 2.86. The lowest BCUT2D eigenvalue weighted by Crippen LogP contribution is -2.12. The summed E-state index contributed by atoms with van der Waals surface area (Å²) in [6.45, 7) is 0. The van der Waals surface area contributed by atoms with Crippen LogP contribution in [0.3, 0.4) is 0 Å². The van der Waals surface area contributed by atoms with E-state index in [1.807, 2.05) is 6.07 Å². The summed E-state index contributed by atoms with van der Waals surface area (Å²) < 4.78 is 31.6. The summed E-state index contributed by atoms with van der Waals surface area (Å²) in [5.41, 5.74) is 0.307. The Morgan fingerprint density at radius 2 is 1.95 bits per heavy atom. The second kappa shape index (κ2) is 5.30. The Hall–Kier alpha value is -2.04. The maximum Gasteiger partial charge on any atom is 0.262 e. The van der Waals surface area contributed by atoms with E-state index in [0.717, 1.165) is 0 Å². The van der Waals surface area contributed by atoms with Crippen molar-refractivity contribution in [3.05, 3.63) is 41.3 Å². The van der Waals surface area contributed by atoms with Gasteiger partial charge in [0, 0.05) is 0 Å². The molecule has 0 aliphatic rings. The number of sulfonamides is 1. The van der Waals surface area contributed by atoms with Crippen LogP contribution in [0.4, 0.5) is 5.00 Å². The van der Waals surface area contributed by atoms with Gasteiger partial charge in [-0.2, -0.15) is 5.26 Å². The minimum atomic E-state index is -3.69. The molecule has 0 saturated heterocycles. The quantitative estimate of drug-likeness (QED) is 0.939. The monoisotopic (exact) mass is 294 g/mol. The van der Waals surface area contributed by atoms with E-state index in [9.17, 15) is 8.42 Å². The third-order valence-corrected chi connectivity index (χ3v) is 4.71. The first-order valence-electron chi connectivity index (χ1n) is 5.21. The van der Waals surface area contributed by atoms with Crippen molar-refractivity contribution in [3.8, 4) is 11.8 Å². The minimum absolute atomic E-state index is 0.116. The summed E-state index contributed by atoms with van der Waals surface area (Å²) in [5, 5.41) is 10.8. The fourth-order valence-electron chi connectivity index (χ4n) is 1.41. The first-order chi connectivity index (χ1) is 9.06. The number of nitriles is 1. The highest BCUT2D eigenvalue weighted by atomic mass is 32.2. The van der Waals surface area contributed by atoms with Crippen LogP contribution in [0, 0.1) is 11.3 Å². The molecule has 7 heteroatoms. The van der Waals surface area contributed by atoms with Crippen molar-refractivity contribution in [1.82, 2.24) is 0 Å². The molecule has 0 atom stereocenters. The predicted octanol–water partition coefficient (Wildman–Crippen LogP) is 2.43. The lowest BCUT2D eigenvalue weighted by molar-refractivity contribution is 0.414. The van der Waals surface area contributed by atoms with Gasteiger partial charge in [-0.15, -0.1) is 11.3 Å². The molecule has 1 heterocycles. The fraction of sp³-hybridized carbons (Fsp3) is 0.0833.